The minimum atomic E-state index is -0.224. The zero-order valence-corrected chi connectivity index (χ0v) is 14.3. The number of halogens is 1. The van der Waals surface area contributed by atoms with Crippen LogP contribution < -0.4 is 15.5 Å². The van der Waals surface area contributed by atoms with E-state index in [0.717, 1.165) is 24.9 Å². The van der Waals surface area contributed by atoms with E-state index in [2.05, 4.69) is 15.6 Å². The van der Waals surface area contributed by atoms with E-state index in [1.54, 1.807) is 24.5 Å². The van der Waals surface area contributed by atoms with Crippen molar-refractivity contribution in [1.82, 2.24) is 15.6 Å². The lowest BCUT2D eigenvalue weighted by molar-refractivity contribution is 0.232. The molecule has 1 aromatic carbocycles. The number of piperidine rings is 1. The van der Waals surface area contributed by atoms with Crippen LogP contribution in [0.15, 0.2) is 48.8 Å². The maximum atomic E-state index is 14.0. The average molecular weight is 342 g/mol. The minimum Gasteiger partial charge on any atom is -0.367 e. The number of hydrogen-bond donors (Lipinski definition) is 2. The predicted octanol–water partition coefficient (Wildman–Crippen LogP) is 3.25. The number of nitrogens with one attached hydrogen (secondary N) is 2. The van der Waals surface area contributed by atoms with Crippen LogP contribution in [0.4, 0.5) is 14.9 Å². The van der Waals surface area contributed by atoms with Crippen molar-refractivity contribution < 1.29 is 9.18 Å². The maximum Gasteiger partial charge on any atom is 0.315 e. The molecule has 1 saturated heterocycles. The van der Waals surface area contributed by atoms with Crippen molar-refractivity contribution in [2.24, 2.45) is 0 Å². The fraction of sp³-hybridized carbons (Fsp3) is 0.368. The van der Waals surface area contributed by atoms with E-state index in [1.807, 2.05) is 30.0 Å². The zero-order chi connectivity index (χ0) is 17.6. The first-order valence-electron chi connectivity index (χ1n) is 8.60. The van der Waals surface area contributed by atoms with Gasteiger partial charge < -0.3 is 15.5 Å². The fourth-order valence-corrected chi connectivity index (χ4v) is 3.16. The highest BCUT2D eigenvalue weighted by molar-refractivity contribution is 5.74. The number of para-hydroxylation sites is 1. The number of rotatable bonds is 4. The number of benzene rings is 1. The van der Waals surface area contributed by atoms with Crippen LogP contribution in [-0.2, 0) is 0 Å². The summed E-state index contributed by atoms with van der Waals surface area (Å²) in [6.07, 6.45) is 5.25. The number of urea groups is 1. The van der Waals surface area contributed by atoms with Crippen LogP contribution in [0, 0.1) is 5.82 Å². The van der Waals surface area contributed by atoms with E-state index < -0.39 is 0 Å². The molecule has 2 amide bonds. The highest BCUT2D eigenvalue weighted by Gasteiger charge is 2.23. The van der Waals surface area contributed by atoms with Crippen molar-refractivity contribution in [3.05, 3.63) is 60.2 Å². The van der Waals surface area contributed by atoms with Gasteiger partial charge in [-0.3, -0.25) is 4.98 Å². The van der Waals surface area contributed by atoms with Gasteiger partial charge in [-0.2, -0.15) is 0 Å². The Morgan fingerprint density at radius 3 is 2.92 bits per heavy atom. The smallest absolute Gasteiger partial charge is 0.315 e. The molecular weight excluding hydrogens is 319 g/mol. The van der Waals surface area contributed by atoms with Gasteiger partial charge in [-0.05, 0) is 43.5 Å². The fourth-order valence-electron chi connectivity index (χ4n) is 3.16. The Labute approximate surface area is 147 Å². The molecular formula is C19H23FN4O. The Hall–Kier alpha value is -2.63. The molecule has 2 unspecified atom stereocenters. The second kappa shape index (κ2) is 7.96. The summed E-state index contributed by atoms with van der Waals surface area (Å²) in [5.74, 6) is -0.224. The van der Waals surface area contributed by atoms with Crippen molar-refractivity contribution in [1.29, 1.82) is 0 Å². The van der Waals surface area contributed by atoms with Crippen molar-refractivity contribution in [2.45, 2.75) is 31.8 Å². The van der Waals surface area contributed by atoms with E-state index in [0.29, 0.717) is 12.2 Å². The summed E-state index contributed by atoms with van der Waals surface area (Å²) < 4.78 is 14.0. The third-order valence-electron chi connectivity index (χ3n) is 4.48. The molecule has 0 spiro atoms. The molecule has 2 N–H and O–H groups in total. The van der Waals surface area contributed by atoms with Crippen LogP contribution in [0.2, 0.25) is 0 Å². The largest absolute Gasteiger partial charge is 0.367 e. The van der Waals surface area contributed by atoms with Gasteiger partial charge in [-0.25, -0.2) is 9.18 Å². The van der Waals surface area contributed by atoms with Crippen LogP contribution in [0.1, 0.15) is 31.4 Å². The lowest BCUT2D eigenvalue weighted by Gasteiger charge is -2.35. The van der Waals surface area contributed by atoms with Crippen molar-refractivity contribution in [3.8, 4) is 0 Å². The number of anilines is 1. The van der Waals surface area contributed by atoms with Gasteiger partial charge in [-0.15, -0.1) is 0 Å². The molecule has 25 heavy (non-hydrogen) atoms. The summed E-state index contributed by atoms with van der Waals surface area (Å²) in [5.41, 5.74) is 1.55. The number of pyridine rings is 1. The second-order valence-electron chi connectivity index (χ2n) is 6.36. The second-order valence-corrected chi connectivity index (χ2v) is 6.36. The molecule has 1 aliphatic rings. The number of carbonyl (C=O) groups excluding carboxylic acids is 1. The average Bonchev–Trinajstić information content (AvgIpc) is 2.63. The van der Waals surface area contributed by atoms with Crippen LogP contribution in [0.25, 0.3) is 0 Å². The number of carbonyl (C=O) groups is 1. The molecule has 132 valence electrons. The summed E-state index contributed by atoms with van der Waals surface area (Å²) in [5, 5.41) is 5.93. The quantitative estimate of drug-likeness (QED) is 0.897. The van der Waals surface area contributed by atoms with Gasteiger partial charge >= 0.3 is 6.03 Å². The van der Waals surface area contributed by atoms with Crippen LogP contribution in [0.5, 0.6) is 0 Å². The van der Waals surface area contributed by atoms with Crippen molar-refractivity contribution >= 4 is 11.7 Å². The van der Waals surface area contributed by atoms with E-state index in [1.165, 1.54) is 6.07 Å². The van der Waals surface area contributed by atoms with Gasteiger partial charge in [0.15, 0.2) is 0 Å². The summed E-state index contributed by atoms with van der Waals surface area (Å²) >= 11 is 0. The molecule has 3 rings (SSSR count). The summed E-state index contributed by atoms with van der Waals surface area (Å²) in [7, 11) is 0. The van der Waals surface area contributed by atoms with E-state index in [-0.39, 0.29) is 23.9 Å². The summed E-state index contributed by atoms with van der Waals surface area (Å²) in [6.45, 7) is 3.32. The van der Waals surface area contributed by atoms with Crippen LogP contribution in [-0.4, -0.2) is 30.1 Å². The Morgan fingerprint density at radius 2 is 2.16 bits per heavy atom. The number of hydrogen-bond acceptors (Lipinski definition) is 3. The van der Waals surface area contributed by atoms with Gasteiger partial charge in [-0.1, -0.05) is 18.2 Å². The van der Waals surface area contributed by atoms with Crippen LogP contribution in [0.3, 0.4) is 0 Å². The molecule has 1 aliphatic heterocycles. The molecule has 6 heteroatoms. The van der Waals surface area contributed by atoms with Gasteiger partial charge in [0, 0.05) is 31.5 Å². The van der Waals surface area contributed by atoms with Gasteiger partial charge in [0.1, 0.15) is 5.82 Å². The Kier molecular flexibility index (Phi) is 5.48. The molecule has 1 aromatic heterocycles. The first-order valence-corrected chi connectivity index (χ1v) is 8.60. The maximum absolute atomic E-state index is 14.0. The highest BCUT2D eigenvalue weighted by Crippen LogP contribution is 2.23. The molecule has 0 radical (unpaired) electrons. The minimum absolute atomic E-state index is 0.00513. The van der Waals surface area contributed by atoms with E-state index >= 15 is 0 Å². The third kappa shape index (κ3) is 4.47. The molecule has 1 fully saturated rings. The molecule has 0 aliphatic carbocycles. The summed E-state index contributed by atoms with van der Waals surface area (Å²) in [4.78, 5) is 18.3. The Balaban J connectivity index is 1.55. The molecule has 5 nitrogen and oxygen atoms in total. The SMILES string of the molecule is CC(NC(=O)NC1CCCN(c2ccccc2F)C1)c1cccnc1. The normalized spacial score (nSPS) is 18.5. The lowest BCUT2D eigenvalue weighted by Crippen LogP contribution is -2.51. The number of amides is 2. The van der Waals surface area contributed by atoms with E-state index in [9.17, 15) is 9.18 Å². The Bertz CT molecular complexity index is 710. The van der Waals surface area contributed by atoms with Crippen molar-refractivity contribution in [3.63, 3.8) is 0 Å². The topological polar surface area (TPSA) is 57.3 Å². The van der Waals surface area contributed by atoms with Gasteiger partial charge in [0.2, 0.25) is 0 Å². The third-order valence-corrected chi connectivity index (χ3v) is 4.48. The van der Waals surface area contributed by atoms with Crippen molar-refractivity contribution in [2.75, 3.05) is 18.0 Å². The zero-order valence-electron chi connectivity index (χ0n) is 14.3. The number of aromatic nitrogens is 1. The standard InChI is InChI=1S/C19H23FN4O/c1-14(15-6-4-10-21-12-15)22-19(25)23-16-7-5-11-24(13-16)18-9-3-2-8-17(18)20/h2-4,6,8-10,12,14,16H,5,7,11,13H2,1H3,(H2,22,23,25). The first-order chi connectivity index (χ1) is 12.1. The molecule has 2 aromatic rings. The molecule has 0 bridgehead atoms. The molecule has 2 heterocycles. The highest BCUT2D eigenvalue weighted by atomic mass is 19.1. The van der Waals surface area contributed by atoms with Gasteiger partial charge in [0.25, 0.3) is 0 Å². The van der Waals surface area contributed by atoms with Crippen LogP contribution >= 0.6 is 0 Å². The first kappa shape index (κ1) is 17.2. The van der Waals surface area contributed by atoms with E-state index in [4.69, 9.17) is 0 Å². The lowest BCUT2D eigenvalue weighted by atomic mass is 10.0. The Morgan fingerprint density at radius 1 is 1.32 bits per heavy atom. The molecule has 0 saturated carbocycles. The monoisotopic (exact) mass is 342 g/mol. The van der Waals surface area contributed by atoms with Gasteiger partial charge in [0.05, 0.1) is 11.7 Å². The summed E-state index contributed by atoms with van der Waals surface area (Å²) in [6, 6.07) is 10.2. The predicted molar refractivity (Wildman–Crippen MR) is 96.0 cm³/mol. The number of nitrogens with zero attached hydrogens (tertiary/aromatic N) is 2. The molecule has 2 atom stereocenters.